The molecule has 2 aromatic carbocycles. The third kappa shape index (κ3) is 4.26. The minimum Gasteiger partial charge on any atom is -0.493 e. The molecule has 0 saturated carbocycles. The highest BCUT2D eigenvalue weighted by molar-refractivity contribution is 7.10. The molecule has 1 aromatic heterocycles. The van der Waals surface area contributed by atoms with Crippen LogP contribution in [0, 0.1) is 0 Å². The second kappa shape index (κ2) is 9.43. The Balaban J connectivity index is 1.64. The van der Waals surface area contributed by atoms with Crippen molar-refractivity contribution in [2.45, 2.75) is 25.8 Å². The van der Waals surface area contributed by atoms with Gasteiger partial charge in [0, 0.05) is 11.4 Å². The van der Waals surface area contributed by atoms with Crippen molar-refractivity contribution in [3.63, 3.8) is 0 Å². The molecule has 0 fully saturated rings. The van der Waals surface area contributed by atoms with Crippen LogP contribution in [-0.2, 0) is 17.6 Å². The topological polar surface area (TPSA) is 48.0 Å². The van der Waals surface area contributed by atoms with Gasteiger partial charge < -0.3 is 19.1 Å². The Hall–Kier alpha value is -2.99. The number of fused-ring (bicyclic) bond motifs is 1. The average Bonchev–Trinajstić information content (AvgIpc) is 3.35. The van der Waals surface area contributed by atoms with Crippen LogP contribution in [0.2, 0.25) is 0 Å². The van der Waals surface area contributed by atoms with Gasteiger partial charge in [0.1, 0.15) is 5.75 Å². The molecule has 0 radical (unpaired) electrons. The van der Waals surface area contributed by atoms with Gasteiger partial charge in [0.2, 0.25) is 0 Å². The molecule has 1 aliphatic heterocycles. The quantitative estimate of drug-likeness (QED) is 0.529. The van der Waals surface area contributed by atoms with E-state index in [-0.39, 0.29) is 18.6 Å². The molecule has 0 saturated heterocycles. The largest absolute Gasteiger partial charge is 0.493 e. The number of methoxy groups -OCH3 is 2. The van der Waals surface area contributed by atoms with Crippen molar-refractivity contribution in [3.05, 3.63) is 75.5 Å². The van der Waals surface area contributed by atoms with Gasteiger partial charge in [-0.3, -0.25) is 4.79 Å². The van der Waals surface area contributed by atoms with Gasteiger partial charge in [-0.25, -0.2) is 0 Å². The lowest BCUT2D eigenvalue weighted by atomic mass is 9.90. The zero-order chi connectivity index (χ0) is 21.8. The number of para-hydroxylation sites is 1. The Morgan fingerprint density at radius 2 is 1.84 bits per heavy atom. The molecule has 1 amide bonds. The first-order chi connectivity index (χ1) is 15.2. The predicted molar refractivity (Wildman–Crippen MR) is 122 cm³/mol. The van der Waals surface area contributed by atoms with Gasteiger partial charge in [0.05, 0.1) is 20.3 Å². The number of thiophene rings is 1. The van der Waals surface area contributed by atoms with Crippen molar-refractivity contribution in [2.24, 2.45) is 0 Å². The molecule has 2 heterocycles. The maximum atomic E-state index is 13.3. The second-order valence-electron chi connectivity index (χ2n) is 7.41. The summed E-state index contributed by atoms with van der Waals surface area (Å²) in [5, 5.41) is 2.04. The Morgan fingerprint density at radius 3 is 2.55 bits per heavy atom. The van der Waals surface area contributed by atoms with Crippen LogP contribution in [0.25, 0.3) is 0 Å². The van der Waals surface area contributed by atoms with E-state index in [0.717, 1.165) is 34.6 Å². The maximum Gasteiger partial charge on any atom is 0.261 e. The van der Waals surface area contributed by atoms with E-state index >= 15 is 0 Å². The number of nitrogens with zero attached hydrogens (tertiary/aromatic N) is 1. The van der Waals surface area contributed by atoms with Crippen molar-refractivity contribution in [1.82, 2.24) is 4.90 Å². The van der Waals surface area contributed by atoms with E-state index in [1.54, 1.807) is 25.6 Å². The standard InChI is InChI=1S/C25H27NO4S/c1-4-17-8-5-6-9-20(17)30-16-24(27)26-12-11-18-14-21(28-2)22(29-3)15-19(18)25(26)23-10-7-13-31-23/h5-10,13-15,25H,4,11-12,16H2,1-3H3. The molecule has 1 atom stereocenters. The number of benzene rings is 2. The third-order valence-corrected chi connectivity index (χ3v) is 6.64. The third-order valence-electron chi connectivity index (χ3n) is 5.71. The zero-order valence-corrected chi connectivity index (χ0v) is 18.9. The minimum atomic E-state index is -0.166. The van der Waals surface area contributed by atoms with Crippen LogP contribution in [0.5, 0.6) is 17.2 Å². The van der Waals surface area contributed by atoms with E-state index in [9.17, 15) is 4.79 Å². The van der Waals surface area contributed by atoms with E-state index in [2.05, 4.69) is 13.0 Å². The molecule has 3 aromatic rings. The highest BCUT2D eigenvalue weighted by atomic mass is 32.1. The van der Waals surface area contributed by atoms with Crippen molar-refractivity contribution in [1.29, 1.82) is 0 Å². The molecule has 6 heteroatoms. The molecule has 0 N–H and O–H groups in total. The van der Waals surface area contributed by atoms with Crippen molar-refractivity contribution < 1.29 is 19.0 Å². The number of ether oxygens (including phenoxy) is 3. The highest BCUT2D eigenvalue weighted by Gasteiger charge is 2.34. The van der Waals surface area contributed by atoms with Gasteiger partial charge in [0.25, 0.3) is 5.91 Å². The summed E-state index contributed by atoms with van der Waals surface area (Å²) in [6.45, 7) is 2.73. The van der Waals surface area contributed by atoms with Crippen LogP contribution < -0.4 is 14.2 Å². The number of carbonyl (C=O) groups excluding carboxylic acids is 1. The van der Waals surface area contributed by atoms with Crippen LogP contribution in [0.1, 0.15) is 34.5 Å². The molecule has 0 bridgehead atoms. The Labute approximate surface area is 187 Å². The molecule has 5 nitrogen and oxygen atoms in total. The number of hydrogen-bond acceptors (Lipinski definition) is 5. The summed E-state index contributed by atoms with van der Waals surface area (Å²) in [4.78, 5) is 16.4. The fourth-order valence-electron chi connectivity index (χ4n) is 4.13. The number of carbonyl (C=O) groups is 1. The van der Waals surface area contributed by atoms with Gasteiger partial charge in [-0.15, -0.1) is 11.3 Å². The molecule has 1 unspecified atom stereocenters. The first kappa shape index (κ1) is 21.2. The fraction of sp³-hybridized carbons (Fsp3) is 0.320. The van der Waals surface area contributed by atoms with Crippen molar-refractivity contribution in [3.8, 4) is 17.2 Å². The molecular weight excluding hydrogens is 410 g/mol. The van der Waals surface area contributed by atoms with Crippen LogP contribution in [0.15, 0.2) is 53.9 Å². The number of rotatable bonds is 7. The van der Waals surface area contributed by atoms with Gasteiger partial charge in [-0.2, -0.15) is 0 Å². The van der Waals surface area contributed by atoms with Crippen LogP contribution >= 0.6 is 11.3 Å². The first-order valence-corrected chi connectivity index (χ1v) is 11.3. The minimum absolute atomic E-state index is 0.0154. The van der Waals surface area contributed by atoms with E-state index in [1.165, 1.54) is 5.56 Å². The predicted octanol–water partition coefficient (Wildman–Crippen LogP) is 4.88. The summed E-state index contributed by atoms with van der Waals surface area (Å²) in [5.41, 5.74) is 3.36. The first-order valence-electron chi connectivity index (χ1n) is 10.4. The summed E-state index contributed by atoms with van der Waals surface area (Å²) in [6, 6.07) is 15.8. The van der Waals surface area contributed by atoms with Crippen LogP contribution in [0.4, 0.5) is 0 Å². The summed E-state index contributed by atoms with van der Waals surface area (Å²) >= 11 is 1.65. The van der Waals surface area contributed by atoms with E-state index in [1.807, 2.05) is 52.7 Å². The highest BCUT2D eigenvalue weighted by Crippen LogP contribution is 2.42. The normalized spacial score (nSPS) is 15.3. The van der Waals surface area contributed by atoms with E-state index < -0.39 is 0 Å². The molecule has 1 aliphatic rings. The second-order valence-corrected chi connectivity index (χ2v) is 8.39. The zero-order valence-electron chi connectivity index (χ0n) is 18.1. The lowest BCUT2D eigenvalue weighted by molar-refractivity contribution is -0.135. The molecule has 0 spiro atoms. The molecular formula is C25H27NO4S. The van der Waals surface area contributed by atoms with Crippen LogP contribution in [-0.4, -0.2) is 38.2 Å². The van der Waals surface area contributed by atoms with Crippen molar-refractivity contribution in [2.75, 3.05) is 27.4 Å². The van der Waals surface area contributed by atoms with E-state index in [0.29, 0.717) is 18.0 Å². The summed E-state index contributed by atoms with van der Waals surface area (Å²) in [7, 11) is 3.28. The molecule has 0 aliphatic carbocycles. The van der Waals surface area contributed by atoms with Gasteiger partial charge in [0.15, 0.2) is 18.1 Å². The summed E-state index contributed by atoms with van der Waals surface area (Å²) in [5.74, 6) is 2.13. The van der Waals surface area contributed by atoms with Crippen LogP contribution in [0.3, 0.4) is 0 Å². The Kier molecular flexibility index (Phi) is 6.47. The van der Waals surface area contributed by atoms with Gasteiger partial charge in [-0.05, 0) is 59.2 Å². The Bertz CT molecular complexity index is 1050. The monoisotopic (exact) mass is 437 g/mol. The van der Waals surface area contributed by atoms with E-state index in [4.69, 9.17) is 14.2 Å². The average molecular weight is 438 g/mol. The smallest absolute Gasteiger partial charge is 0.261 e. The Morgan fingerprint density at radius 1 is 1.06 bits per heavy atom. The SMILES string of the molecule is CCc1ccccc1OCC(=O)N1CCc2cc(OC)c(OC)cc2C1c1cccs1. The molecule has 31 heavy (non-hydrogen) atoms. The summed E-state index contributed by atoms with van der Waals surface area (Å²) in [6.07, 6.45) is 1.62. The molecule has 4 rings (SSSR count). The fourth-order valence-corrected chi connectivity index (χ4v) is 4.98. The summed E-state index contributed by atoms with van der Waals surface area (Å²) < 4.78 is 17.0. The van der Waals surface area contributed by atoms with Crippen molar-refractivity contribution >= 4 is 17.2 Å². The number of hydrogen-bond donors (Lipinski definition) is 0. The van der Waals surface area contributed by atoms with Gasteiger partial charge >= 0.3 is 0 Å². The van der Waals surface area contributed by atoms with Gasteiger partial charge in [-0.1, -0.05) is 31.2 Å². The number of aryl methyl sites for hydroxylation is 1. The lowest BCUT2D eigenvalue weighted by Crippen LogP contribution is -2.42. The lowest BCUT2D eigenvalue weighted by Gasteiger charge is -2.37. The molecule has 162 valence electrons. The number of amides is 1. The maximum absolute atomic E-state index is 13.3.